The van der Waals surface area contributed by atoms with Crippen LogP contribution in [0.4, 0.5) is 5.69 Å². The third kappa shape index (κ3) is 3.76. The first-order chi connectivity index (χ1) is 8.90. The van der Waals surface area contributed by atoms with Crippen molar-refractivity contribution >= 4 is 5.69 Å². The Morgan fingerprint density at radius 1 is 1.22 bits per heavy atom. The van der Waals surface area contributed by atoms with Crippen LogP contribution in [0.25, 0.3) is 0 Å². The van der Waals surface area contributed by atoms with E-state index in [-0.39, 0.29) is 0 Å². The van der Waals surface area contributed by atoms with Gasteiger partial charge in [-0.25, -0.2) is 0 Å². The van der Waals surface area contributed by atoms with Crippen LogP contribution in [0.3, 0.4) is 0 Å². The highest BCUT2D eigenvalue weighted by Crippen LogP contribution is 2.15. The summed E-state index contributed by atoms with van der Waals surface area (Å²) in [7, 11) is 1.95. The molecular weight excluding hydrogens is 222 g/mol. The van der Waals surface area contributed by atoms with Crippen LogP contribution in [0, 0.1) is 11.8 Å². The predicted octanol–water partition coefficient (Wildman–Crippen LogP) is 1.06. The van der Waals surface area contributed by atoms with Crippen LogP contribution in [-0.2, 0) is 0 Å². The standard InChI is InChI=1S/C15H21N3/c1-16-9-3-2-4-14-5-7-15(8-6-14)18-12-10-17-11-13-18/h5-8,16-17H,3,9-13H2,1H3. The highest BCUT2D eigenvalue weighted by molar-refractivity contribution is 5.50. The number of benzene rings is 1. The van der Waals surface area contributed by atoms with Gasteiger partial charge in [0.15, 0.2) is 0 Å². The Balaban J connectivity index is 1.93. The molecule has 96 valence electrons. The predicted molar refractivity (Wildman–Crippen MR) is 76.9 cm³/mol. The van der Waals surface area contributed by atoms with Crippen molar-refractivity contribution in [2.75, 3.05) is 44.7 Å². The van der Waals surface area contributed by atoms with Gasteiger partial charge in [-0.2, -0.15) is 0 Å². The lowest BCUT2D eigenvalue weighted by molar-refractivity contribution is 0.589. The number of hydrogen-bond acceptors (Lipinski definition) is 3. The molecule has 3 nitrogen and oxygen atoms in total. The second-order valence-corrected chi connectivity index (χ2v) is 4.44. The summed E-state index contributed by atoms with van der Waals surface area (Å²) < 4.78 is 0. The van der Waals surface area contributed by atoms with Gasteiger partial charge in [-0.3, -0.25) is 0 Å². The monoisotopic (exact) mass is 243 g/mol. The fourth-order valence-corrected chi connectivity index (χ4v) is 2.03. The molecule has 0 saturated carbocycles. The van der Waals surface area contributed by atoms with Crippen LogP contribution in [0.15, 0.2) is 24.3 Å². The Hall–Kier alpha value is -1.50. The fourth-order valence-electron chi connectivity index (χ4n) is 2.03. The lowest BCUT2D eigenvalue weighted by atomic mass is 10.2. The maximum absolute atomic E-state index is 3.37. The summed E-state index contributed by atoms with van der Waals surface area (Å²) in [6, 6.07) is 8.58. The molecule has 1 saturated heterocycles. The van der Waals surface area contributed by atoms with Gasteiger partial charge in [0.2, 0.25) is 0 Å². The molecule has 0 atom stereocenters. The zero-order chi connectivity index (χ0) is 12.6. The van der Waals surface area contributed by atoms with Gasteiger partial charge >= 0.3 is 0 Å². The van der Waals surface area contributed by atoms with Gasteiger partial charge < -0.3 is 15.5 Å². The van der Waals surface area contributed by atoms with Crippen LogP contribution < -0.4 is 15.5 Å². The number of nitrogens with one attached hydrogen (secondary N) is 2. The van der Waals surface area contributed by atoms with E-state index in [0.717, 1.165) is 44.7 Å². The van der Waals surface area contributed by atoms with Crippen LogP contribution >= 0.6 is 0 Å². The first kappa shape index (κ1) is 12.9. The molecule has 1 aliphatic heterocycles. The van der Waals surface area contributed by atoms with E-state index in [1.54, 1.807) is 0 Å². The van der Waals surface area contributed by atoms with Gasteiger partial charge in [0.1, 0.15) is 0 Å². The van der Waals surface area contributed by atoms with Crippen molar-refractivity contribution in [2.24, 2.45) is 0 Å². The molecule has 2 rings (SSSR count). The Kier molecular flexibility index (Phi) is 5.07. The number of hydrogen-bond donors (Lipinski definition) is 2. The molecule has 0 amide bonds. The quantitative estimate of drug-likeness (QED) is 0.614. The first-order valence-electron chi connectivity index (χ1n) is 6.59. The third-order valence-corrected chi connectivity index (χ3v) is 3.08. The summed E-state index contributed by atoms with van der Waals surface area (Å²) in [5, 5.41) is 6.46. The second-order valence-electron chi connectivity index (χ2n) is 4.44. The maximum Gasteiger partial charge on any atom is 0.0367 e. The van der Waals surface area contributed by atoms with Gasteiger partial charge in [0.05, 0.1) is 0 Å². The summed E-state index contributed by atoms with van der Waals surface area (Å²) in [6.45, 7) is 5.28. The Morgan fingerprint density at radius 3 is 2.61 bits per heavy atom. The van der Waals surface area contributed by atoms with E-state index in [0.29, 0.717) is 0 Å². The molecule has 18 heavy (non-hydrogen) atoms. The Bertz CT molecular complexity index is 408. The summed E-state index contributed by atoms with van der Waals surface area (Å²) in [6.07, 6.45) is 0.899. The van der Waals surface area contributed by atoms with E-state index < -0.39 is 0 Å². The summed E-state index contributed by atoms with van der Waals surface area (Å²) in [4.78, 5) is 2.41. The lowest BCUT2D eigenvalue weighted by Gasteiger charge is -2.29. The third-order valence-electron chi connectivity index (χ3n) is 3.08. The fraction of sp³-hybridized carbons (Fsp3) is 0.467. The SMILES string of the molecule is CNCCC#Cc1ccc(N2CCNCC2)cc1. The molecule has 0 unspecified atom stereocenters. The lowest BCUT2D eigenvalue weighted by Crippen LogP contribution is -2.43. The molecule has 0 aliphatic carbocycles. The molecule has 0 radical (unpaired) electrons. The van der Waals surface area contributed by atoms with Crippen molar-refractivity contribution < 1.29 is 0 Å². The van der Waals surface area contributed by atoms with Crippen LogP contribution in [-0.4, -0.2) is 39.8 Å². The number of nitrogens with zero attached hydrogens (tertiary/aromatic N) is 1. The molecule has 1 aromatic carbocycles. The van der Waals surface area contributed by atoms with E-state index in [1.165, 1.54) is 5.69 Å². The summed E-state index contributed by atoms with van der Waals surface area (Å²) in [5.74, 6) is 6.35. The van der Waals surface area contributed by atoms with Crippen molar-refractivity contribution in [1.29, 1.82) is 0 Å². The average Bonchev–Trinajstić information content (AvgIpc) is 2.45. The maximum atomic E-state index is 3.37. The molecule has 1 aromatic rings. The molecule has 1 heterocycles. The van der Waals surface area contributed by atoms with Crippen molar-refractivity contribution in [1.82, 2.24) is 10.6 Å². The van der Waals surface area contributed by atoms with Gasteiger partial charge in [0, 0.05) is 50.4 Å². The molecule has 0 aromatic heterocycles. The van der Waals surface area contributed by atoms with Gasteiger partial charge in [-0.15, -0.1) is 0 Å². The molecule has 0 spiro atoms. The normalized spacial score (nSPS) is 15.1. The minimum atomic E-state index is 0.899. The molecule has 3 heteroatoms. The topological polar surface area (TPSA) is 27.3 Å². The van der Waals surface area contributed by atoms with E-state index in [2.05, 4.69) is 51.6 Å². The second kappa shape index (κ2) is 7.05. The zero-order valence-electron chi connectivity index (χ0n) is 11.0. The largest absolute Gasteiger partial charge is 0.369 e. The molecule has 2 N–H and O–H groups in total. The van der Waals surface area contributed by atoms with Crippen LogP contribution in [0.5, 0.6) is 0 Å². The Morgan fingerprint density at radius 2 is 1.94 bits per heavy atom. The van der Waals surface area contributed by atoms with Gasteiger partial charge in [-0.1, -0.05) is 11.8 Å². The molecule has 1 aliphatic rings. The molecule has 0 bridgehead atoms. The van der Waals surface area contributed by atoms with Crippen molar-refractivity contribution in [2.45, 2.75) is 6.42 Å². The van der Waals surface area contributed by atoms with E-state index >= 15 is 0 Å². The summed E-state index contributed by atoms with van der Waals surface area (Å²) >= 11 is 0. The number of piperazine rings is 1. The molecular formula is C15H21N3. The highest BCUT2D eigenvalue weighted by atomic mass is 15.2. The highest BCUT2D eigenvalue weighted by Gasteiger charge is 2.09. The van der Waals surface area contributed by atoms with Crippen molar-refractivity contribution in [3.05, 3.63) is 29.8 Å². The van der Waals surface area contributed by atoms with Crippen LogP contribution in [0.2, 0.25) is 0 Å². The van der Waals surface area contributed by atoms with Crippen molar-refractivity contribution in [3.63, 3.8) is 0 Å². The number of rotatable bonds is 3. The average molecular weight is 243 g/mol. The van der Waals surface area contributed by atoms with E-state index in [1.807, 2.05) is 7.05 Å². The minimum Gasteiger partial charge on any atom is -0.369 e. The molecule has 1 fully saturated rings. The van der Waals surface area contributed by atoms with Crippen LogP contribution in [0.1, 0.15) is 12.0 Å². The smallest absolute Gasteiger partial charge is 0.0367 e. The van der Waals surface area contributed by atoms with Gasteiger partial charge in [0.25, 0.3) is 0 Å². The first-order valence-corrected chi connectivity index (χ1v) is 6.59. The zero-order valence-corrected chi connectivity index (χ0v) is 11.0. The van der Waals surface area contributed by atoms with Crippen molar-refractivity contribution in [3.8, 4) is 11.8 Å². The minimum absolute atomic E-state index is 0.899. The van der Waals surface area contributed by atoms with E-state index in [4.69, 9.17) is 0 Å². The van der Waals surface area contributed by atoms with E-state index in [9.17, 15) is 0 Å². The summed E-state index contributed by atoms with van der Waals surface area (Å²) in [5.41, 5.74) is 2.40. The number of anilines is 1. The Labute approximate surface area is 110 Å². The van der Waals surface area contributed by atoms with Gasteiger partial charge in [-0.05, 0) is 31.3 Å².